The summed E-state index contributed by atoms with van der Waals surface area (Å²) in [4.78, 5) is 0. The van der Waals surface area contributed by atoms with Crippen LogP contribution in [0.25, 0.3) is 0 Å². The molecular weight excluding hydrogens is 271 g/mol. The van der Waals surface area contributed by atoms with Crippen LogP contribution in [0.4, 0.5) is 13.2 Å². The van der Waals surface area contributed by atoms with E-state index in [1.807, 2.05) is 6.92 Å². The fraction of sp³-hybridized carbons (Fsp3) is 0.571. The van der Waals surface area contributed by atoms with Crippen LogP contribution in [0.1, 0.15) is 31.4 Å². The van der Waals surface area contributed by atoms with Crippen LogP contribution < -0.4 is 10.1 Å². The number of benzene rings is 1. The molecule has 0 fully saturated rings. The Kier molecular flexibility index (Phi) is 6.81. The van der Waals surface area contributed by atoms with E-state index in [-0.39, 0.29) is 11.8 Å². The molecule has 0 spiro atoms. The highest BCUT2D eigenvalue weighted by Gasteiger charge is 2.31. The van der Waals surface area contributed by atoms with Crippen molar-refractivity contribution < 1.29 is 22.6 Å². The Hall–Kier alpha value is -1.27. The van der Waals surface area contributed by atoms with Crippen molar-refractivity contribution in [1.29, 1.82) is 0 Å². The van der Waals surface area contributed by atoms with Crippen LogP contribution in [0.3, 0.4) is 0 Å². The summed E-state index contributed by atoms with van der Waals surface area (Å²) in [5.41, 5.74) is 0.942. The molecule has 0 bridgehead atoms. The Morgan fingerprint density at radius 2 is 1.85 bits per heavy atom. The number of ether oxygens (including phenoxy) is 2. The van der Waals surface area contributed by atoms with Gasteiger partial charge in [-0.3, -0.25) is 0 Å². The minimum Gasteiger partial charge on any atom is -0.406 e. The maximum atomic E-state index is 12.1. The van der Waals surface area contributed by atoms with Gasteiger partial charge in [0.05, 0.1) is 0 Å². The lowest BCUT2D eigenvalue weighted by Gasteiger charge is -2.18. The van der Waals surface area contributed by atoms with E-state index in [1.165, 1.54) is 12.1 Å². The Morgan fingerprint density at radius 1 is 1.20 bits per heavy atom. The molecule has 1 rings (SSSR count). The van der Waals surface area contributed by atoms with E-state index < -0.39 is 6.36 Å². The van der Waals surface area contributed by atoms with E-state index in [1.54, 1.807) is 19.2 Å². The second kappa shape index (κ2) is 8.11. The largest absolute Gasteiger partial charge is 0.573 e. The van der Waals surface area contributed by atoms with Gasteiger partial charge in [-0.25, -0.2) is 0 Å². The maximum Gasteiger partial charge on any atom is 0.573 e. The molecule has 1 unspecified atom stereocenters. The second-order valence-electron chi connectivity index (χ2n) is 4.36. The van der Waals surface area contributed by atoms with Crippen molar-refractivity contribution in [2.45, 2.75) is 32.2 Å². The van der Waals surface area contributed by atoms with Gasteiger partial charge in [-0.2, -0.15) is 0 Å². The first-order valence-corrected chi connectivity index (χ1v) is 6.54. The molecule has 0 heterocycles. The maximum absolute atomic E-state index is 12.1. The SMILES string of the molecule is CCNC(CCCOC)c1ccc(OC(F)(F)F)cc1. The first-order valence-electron chi connectivity index (χ1n) is 6.54. The zero-order valence-corrected chi connectivity index (χ0v) is 11.7. The third-order valence-electron chi connectivity index (χ3n) is 2.81. The molecule has 0 aliphatic rings. The van der Waals surface area contributed by atoms with E-state index in [0.29, 0.717) is 6.61 Å². The van der Waals surface area contributed by atoms with E-state index >= 15 is 0 Å². The summed E-state index contributed by atoms with van der Waals surface area (Å²) in [6.07, 6.45) is -2.91. The van der Waals surface area contributed by atoms with Gasteiger partial charge in [0.15, 0.2) is 0 Å². The highest BCUT2D eigenvalue weighted by Crippen LogP contribution is 2.25. The van der Waals surface area contributed by atoms with Gasteiger partial charge in [0.2, 0.25) is 0 Å². The van der Waals surface area contributed by atoms with E-state index in [9.17, 15) is 13.2 Å². The van der Waals surface area contributed by atoms with Crippen LogP contribution in [0.15, 0.2) is 24.3 Å². The van der Waals surface area contributed by atoms with Crippen molar-refractivity contribution in [2.75, 3.05) is 20.3 Å². The summed E-state index contributed by atoms with van der Waals surface area (Å²) in [6.45, 7) is 3.44. The van der Waals surface area contributed by atoms with Crippen molar-refractivity contribution in [3.63, 3.8) is 0 Å². The van der Waals surface area contributed by atoms with E-state index in [2.05, 4.69) is 10.1 Å². The number of alkyl halides is 3. The molecule has 0 aromatic heterocycles. The van der Waals surface area contributed by atoms with E-state index in [4.69, 9.17) is 4.74 Å². The molecule has 3 nitrogen and oxygen atoms in total. The van der Waals surface area contributed by atoms with Gasteiger partial charge < -0.3 is 14.8 Å². The lowest BCUT2D eigenvalue weighted by atomic mass is 10.0. The molecule has 1 aromatic rings. The molecule has 0 aliphatic heterocycles. The average molecular weight is 291 g/mol. The Bertz CT molecular complexity index is 379. The van der Waals surface area contributed by atoms with Crippen molar-refractivity contribution in [1.82, 2.24) is 5.32 Å². The number of rotatable bonds is 8. The molecule has 0 radical (unpaired) electrons. The molecular formula is C14H20F3NO2. The minimum absolute atomic E-state index is 0.107. The predicted octanol–water partition coefficient (Wildman–Crippen LogP) is 3.66. The van der Waals surface area contributed by atoms with Gasteiger partial charge in [-0.05, 0) is 37.1 Å². The quantitative estimate of drug-likeness (QED) is 0.741. The molecule has 1 atom stereocenters. The lowest BCUT2D eigenvalue weighted by Crippen LogP contribution is -2.21. The van der Waals surface area contributed by atoms with Gasteiger partial charge >= 0.3 is 6.36 Å². The summed E-state index contributed by atoms with van der Waals surface area (Å²) in [6, 6.07) is 6.09. The lowest BCUT2D eigenvalue weighted by molar-refractivity contribution is -0.274. The Balaban J connectivity index is 2.67. The van der Waals surface area contributed by atoms with Gasteiger partial charge in [0, 0.05) is 19.8 Å². The Morgan fingerprint density at radius 3 is 2.35 bits per heavy atom. The van der Waals surface area contributed by atoms with Crippen molar-refractivity contribution in [3.05, 3.63) is 29.8 Å². The number of nitrogens with one attached hydrogen (secondary N) is 1. The zero-order valence-electron chi connectivity index (χ0n) is 11.7. The molecule has 1 N–H and O–H groups in total. The summed E-state index contributed by atoms with van der Waals surface area (Å²) >= 11 is 0. The van der Waals surface area contributed by atoms with Crippen LogP contribution in [0.5, 0.6) is 5.75 Å². The monoisotopic (exact) mass is 291 g/mol. The Labute approximate surface area is 117 Å². The van der Waals surface area contributed by atoms with Crippen LogP contribution >= 0.6 is 0 Å². The summed E-state index contributed by atoms with van der Waals surface area (Å²) in [7, 11) is 1.64. The van der Waals surface area contributed by atoms with E-state index in [0.717, 1.165) is 24.9 Å². The molecule has 0 saturated heterocycles. The standard InChI is InChI=1S/C14H20F3NO2/c1-3-18-13(5-4-10-19-2)11-6-8-12(9-7-11)20-14(15,16)17/h6-9,13,18H,3-5,10H2,1-2H3. The average Bonchev–Trinajstić information content (AvgIpc) is 2.37. The third-order valence-corrected chi connectivity index (χ3v) is 2.81. The molecule has 20 heavy (non-hydrogen) atoms. The highest BCUT2D eigenvalue weighted by molar-refractivity contribution is 5.29. The van der Waals surface area contributed by atoms with Crippen LogP contribution in [-0.4, -0.2) is 26.6 Å². The predicted molar refractivity (Wildman–Crippen MR) is 70.7 cm³/mol. The summed E-state index contributed by atoms with van der Waals surface area (Å²) < 4.78 is 45.1. The van der Waals surface area contributed by atoms with Gasteiger partial charge in [0.25, 0.3) is 0 Å². The minimum atomic E-state index is -4.65. The zero-order chi connectivity index (χ0) is 15.0. The van der Waals surface area contributed by atoms with Gasteiger partial charge in [-0.1, -0.05) is 19.1 Å². The molecule has 114 valence electrons. The fourth-order valence-electron chi connectivity index (χ4n) is 1.97. The van der Waals surface area contributed by atoms with Crippen LogP contribution in [0.2, 0.25) is 0 Å². The number of methoxy groups -OCH3 is 1. The number of hydrogen-bond acceptors (Lipinski definition) is 3. The smallest absolute Gasteiger partial charge is 0.406 e. The summed E-state index contributed by atoms with van der Waals surface area (Å²) in [5, 5.41) is 3.31. The van der Waals surface area contributed by atoms with Gasteiger partial charge in [0.1, 0.15) is 5.75 Å². The van der Waals surface area contributed by atoms with Gasteiger partial charge in [-0.15, -0.1) is 13.2 Å². The molecule has 0 aliphatic carbocycles. The normalized spacial score (nSPS) is 13.2. The van der Waals surface area contributed by atoms with Crippen LogP contribution in [0, 0.1) is 0 Å². The molecule has 1 aromatic carbocycles. The summed E-state index contributed by atoms with van der Waals surface area (Å²) in [5.74, 6) is -0.201. The van der Waals surface area contributed by atoms with Crippen LogP contribution in [-0.2, 0) is 4.74 Å². The third kappa shape index (κ3) is 6.25. The van der Waals surface area contributed by atoms with Crippen molar-refractivity contribution in [2.24, 2.45) is 0 Å². The fourth-order valence-corrected chi connectivity index (χ4v) is 1.97. The number of halogens is 3. The molecule has 0 amide bonds. The first kappa shape index (κ1) is 16.8. The van der Waals surface area contributed by atoms with Crippen molar-refractivity contribution in [3.8, 4) is 5.75 Å². The molecule has 6 heteroatoms. The topological polar surface area (TPSA) is 30.5 Å². The first-order chi connectivity index (χ1) is 9.46. The van der Waals surface area contributed by atoms with Crippen molar-refractivity contribution >= 4 is 0 Å². The number of hydrogen-bond donors (Lipinski definition) is 1. The second-order valence-corrected chi connectivity index (χ2v) is 4.36. The highest BCUT2D eigenvalue weighted by atomic mass is 19.4. The molecule has 0 saturated carbocycles.